The molecular formula is C26H27N3O6S. The Hall–Kier alpha value is -3.50. The summed E-state index contributed by atoms with van der Waals surface area (Å²) in [4.78, 5) is 50.6. The van der Waals surface area contributed by atoms with Crippen molar-refractivity contribution in [3.05, 3.63) is 58.7 Å². The summed E-state index contributed by atoms with van der Waals surface area (Å²) in [6, 6.07) is 7.94. The molecule has 0 bridgehead atoms. The number of nitrogens with one attached hydrogen (secondary N) is 2. The molecule has 1 aliphatic heterocycles. The highest BCUT2D eigenvalue weighted by atomic mass is 32.1. The minimum absolute atomic E-state index is 0.0752. The average Bonchev–Trinajstić information content (AvgIpc) is 3.41. The minimum atomic E-state index is -1.16. The van der Waals surface area contributed by atoms with E-state index < -0.39 is 42.4 Å². The zero-order valence-corrected chi connectivity index (χ0v) is 20.3. The molecule has 0 radical (unpaired) electrons. The number of aryl methyl sites for hydroxylation is 1. The number of hydrogen-bond donors (Lipinski definition) is 4. The predicted octanol–water partition coefficient (Wildman–Crippen LogP) is 1.61. The van der Waals surface area contributed by atoms with Gasteiger partial charge in [0.25, 0.3) is 0 Å². The summed E-state index contributed by atoms with van der Waals surface area (Å²) in [5, 5.41) is 27.8. The van der Waals surface area contributed by atoms with E-state index in [1.165, 1.54) is 11.3 Å². The number of benzene rings is 1. The van der Waals surface area contributed by atoms with Crippen LogP contribution in [0.1, 0.15) is 35.6 Å². The van der Waals surface area contributed by atoms with Gasteiger partial charge in [-0.2, -0.15) is 0 Å². The highest BCUT2D eigenvalue weighted by Gasteiger charge is 2.42. The maximum Gasteiger partial charge on any atom is 0.308 e. The van der Waals surface area contributed by atoms with Crippen molar-refractivity contribution < 1.29 is 29.4 Å². The molecule has 2 aromatic heterocycles. The number of fused-ring (bicyclic) bond motifs is 1. The van der Waals surface area contributed by atoms with Gasteiger partial charge in [0.1, 0.15) is 11.8 Å². The van der Waals surface area contributed by atoms with Gasteiger partial charge < -0.3 is 25.4 Å². The fourth-order valence-electron chi connectivity index (χ4n) is 5.38. The molecule has 0 saturated heterocycles. The lowest BCUT2D eigenvalue weighted by Gasteiger charge is -2.33. The van der Waals surface area contributed by atoms with E-state index in [4.69, 9.17) is 0 Å². The second-order valence-electron chi connectivity index (χ2n) is 9.45. The molecule has 5 rings (SSSR count). The Morgan fingerprint density at radius 1 is 1.19 bits per heavy atom. The van der Waals surface area contributed by atoms with Crippen LogP contribution in [0.5, 0.6) is 0 Å². The smallest absolute Gasteiger partial charge is 0.308 e. The molecule has 2 amide bonds. The van der Waals surface area contributed by atoms with Gasteiger partial charge in [-0.15, -0.1) is 11.3 Å². The van der Waals surface area contributed by atoms with Crippen LogP contribution in [0.3, 0.4) is 0 Å². The van der Waals surface area contributed by atoms with E-state index in [9.17, 15) is 29.4 Å². The largest absolute Gasteiger partial charge is 0.481 e. The Balaban J connectivity index is 1.28. The lowest BCUT2D eigenvalue weighted by Crippen LogP contribution is -2.54. The van der Waals surface area contributed by atoms with Crippen molar-refractivity contribution >= 4 is 45.0 Å². The zero-order chi connectivity index (χ0) is 25.4. The number of carboxylic acids is 1. The number of ketones is 1. The van der Waals surface area contributed by atoms with Crippen LogP contribution >= 0.6 is 11.3 Å². The normalized spacial score (nSPS) is 21.9. The van der Waals surface area contributed by atoms with Gasteiger partial charge in [0, 0.05) is 35.6 Å². The molecule has 3 aromatic rings. The molecule has 0 spiro atoms. The average molecular weight is 510 g/mol. The van der Waals surface area contributed by atoms with Crippen LogP contribution in [-0.2, 0) is 38.6 Å². The predicted molar refractivity (Wildman–Crippen MR) is 133 cm³/mol. The van der Waals surface area contributed by atoms with Gasteiger partial charge in [-0.1, -0.05) is 18.2 Å². The van der Waals surface area contributed by atoms with E-state index in [1.807, 2.05) is 40.3 Å². The van der Waals surface area contributed by atoms with Crippen molar-refractivity contribution in [1.82, 2.24) is 15.2 Å². The van der Waals surface area contributed by atoms with E-state index in [-0.39, 0.29) is 31.1 Å². The third kappa shape index (κ3) is 4.54. The molecule has 1 aliphatic carbocycles. The number of hydrogen-bond acceptors (Lipinski definition) is 6. The number of aliphatic hydroxyl groups is 1. The number of carbonyl (C=O) groups excluding carboxylic acids is 3. The van der Waals surface area contributed by atoms with Crippen LogP contribution in [0.15, 0.2) is 41.9 Å². The second kappa shape index (κ2) is 9.87. The van der Waals surface area contributed by atoms with Crippen LogP contribution in [0.2, 0.25) is 0 Å². The first-order valence-corrected chi connectivity index (χ1v) is 12.8. The van der Waals surface area contributed by atoms with Gasteiger partial charge in [-0.05, 0) is 46.9 Å². The topological polar surface area (TPSA) is 138 Å². The number of carbonyl (C=O) groups is 4. The van der Waals surface area contributed by atoms with Crippen molar-refractivity contribution in [3.8, 4) is 0 Å². The minimum Gasteiger partial charge on any atom is -0.481 e. The van der Waals surface area contributed by atoms with E-state index in [0.717, 1.165) is 26.9 Å². The SMILES string of the molecule is O=C(Cc1csc2ccccc12)NC(CO)C(=O)N[C@H]1CCc2ccn3c2C1C(=O)C[C@H](C(=O)O)C3. The van der Waals surface area contributed by atoms with E-state index in [1.54, 1.807) is 6.20 Å². The third-order valence-electron chi connectivity index (χ3n) is 7.15. The van der Waals surface area contributed by atoms with Crippen molar-refractivity contribution in [2.75, 3.05) is 6.61 Å². The van der Waals surface area contributed by atoms with Crippen molar-refractivity contribution in [2.24, 2.45) is 5.92 Å². The Morgan fingerprint density at radius 2 is 2.00 bits per heavy atom. The molecule has 9 nitrogen and oxygen atoms in total. The summed E-state index contributed by atoms with van der Waals surface area (Å²) in [6.45, 7) is -0.379. The number of nitrogens with zero attached hydrogens (tertiary/aromatic N) is 1. The maximum absolute atomic E-state index is 13.2. The lowest BCUT2D eigenvalue weighted by atomic mass is 9.79. The Kier molecular flexibility index (Phi) is 6.63. The lowest BCUT2D eigenvalue weighted by molar-refractivity contribution is -0.144. The maximum atomic E-state index is 13.2. The summed E-state index contributed by atoms with van der Waals surface area (Å²) in [5.74, 6) is -3.69. The Labute approximate surface area is 211 Å². The number of carboxylic acid groups (broad SMARTS) is 1. The molecule has 3 heterocycles. The summed E-state index contributed by atoms with van der Waals surface area (Å²) < 4.78 is 2.88. The highest BCUT2D eigenvalue weighted by Crippen LogP contribution is 2.38. The van der Waals surface area contributed by atoms with E-state index in [2.05, 4.69) is 10.6 Å². The first kappa shape index (κ1) is 24.2. The standard InChI is InChI=1S/C26H27N3O6S/c30-12-19(27-22(32)10-16-13-36-21-4-2-1-3-17(16)21)25(33)28-18-6-5-14-7-8-29-11-15(26(34)35)9-20(31)23(18)24(14)29/h1-4,7-8,13,15,18-19,23,30H,5-6,9-12H2,(H,27,32)(H,28,33)(H,34,35)/t15-,18-,19?,23?/m0/s1. The summed E-state index contributed by atoms with van der Waals surface area (Å²) >= 11 is 1.54. The zero-order valence-electron chi connectivity index (χ0n) is 19.5. The quantitative estimate of drug-likeness (QED) is 0.382. The fourth-order valence-corrected chi connectivity index (χ4v) is 6.35. The van der Waals surface area contributed by atoms with Crippen molar-refractivity contribution in [2.45, 2.75) is 50.2 Å². The van der Waals surface area contributed by atoms with Crippen LogP contribution in [0, 0.1) is 5.92 Å². The molecule has 4 N–H and O–H groups in total. The molecule has 2 aliphatic rings. The summed E-state index contributed by atoms with van der Waals surface area (Å²) in [6.07, 6.45) is 2.91. The summed E-state index contributed by atoms with van der Waals surface area (Å²) in [7, 11) is 0. The van der Waals surface area contributed by atoms with Gasteiger partial charge in [0.2, 0.25) is 11.8 Å². The third-order valence-corrected chi connectivity index (χ3v) is 8.16. The molecule has 10 heteroatoms. The Bertz CT molecular complexity index is 1340. The molecular weight excluding hydrogens is 482 g/mol. The van der Waals surface area contributed by atoms with Gasteiger partial charge in [-0.3, -0.25) is 19.2 Å². The first-order chi connectivity index (χ1) is 17.4. The number of aromatic nitrogens is 1. The molecule has 188 valence electrons. The molecule has 0 saturated carbocycles. The molecule has 0 fully saturated rings. The second-order valence-corrected chi connectivity index (χ2v) is 10.4. The number of aliphatic carboxylic acids is 1. The Morgan fingerprint density at radius 3 is 2.78 bits per heavy atom. The number of aliphatic hydroxyl groups excluding tert-OH is 1. The van der Waals surface area contributed by atoms with Crippen LogP contribution in [0.25, 0.3) is 10.1 Å². The van der Waals surface area contributed by atoms with Crippen molar-refractivity contribution in [3.63, 3.8) is 0 Å². The van der Waals surface area contributed by atoms with Gasteiger partial charge in [-0.25, -0.2) is 0 Å². The van der Waals surface area contributed by atoms with E-state index in [0.29, 0.717) is 12.8 Å². The number of amides is 2. The van der Waals surface area contributed by atoms with Crippen molar-refractivity contribution in [1.29, 1.82) is 0 Å². The van der Waals surface area contributed by atoms with Gasteiger partial charge in [0.15, 0.2) is 0 Å². The van der Waals surface area contributed by atoms with Crippen LogP contribution < -0.4 is 10.6 Å². The monoisotopic (exact) mass is 509 g/mol. The van der Waals surface area contributed by atoms with Gasteiger partial charge >= 0.3 is 5.97 Å². The van der Waals surface area contributed by atoms with Gasteiger partial charge in [0.05, 0.1) is 24.9 Å². The van der Waals surface area contributed by atoms with Crippen LogP contribution in [-0.4, -0.2) is 57.0 Å². The number of thiophene rings is 1. The molecule has 4 atom stereocenters. The highest BCUT2D eigenvalue weighted by molar-refractivity contribution is 7.17. The summed E-state index contributed by atoms with van der Waals surface area (Å²) in [5.41, 5.74) is 2.59. The molecule has 2 unspecified atom stereocenters. The first-order valence-electron chi connectivity index (χ1n) is 11.9. The molecule has 36 heavy (non-hydrogen) atoms. The van der Waals surface area contributed by atoms with E-state index >= 15 is 0 Å². The number of Topliss-reactive ketones (excluding diaryl/α,β-unsaturated/α-hetero) is 1. The molecule has 1 aromatic carbocycles. The van der Waals surface area contributed by atoms with Crippen LogP contribution in [0.4, 0.5) is 0 Å². The fraction of sp³-hybridized carbons (Fsp3) is 0.385. The number of rotatable bonds is 7.